The van der Waals surface area contributed by atoms with Gasteiger partial charge >= 0.3 is 6.03 Å². The van der Waals surface area contributed by atoms with E-state index in [1.807, 2.05) is 64.1 Å². The summed E-state index contributed by atoms with van der Waals surface area (Å²) in [5.74, 6) is 0. The first-order chi connectivity index (χ1) is 11.4. The number of urea groups is 1. The zero-order chi connectivity index (χ0) is 17.7. The number of rotatable bonds is 5. The van der Waals surface area contributed by atoms with E-state index in [-0.39, 0.29) is 24.2 Å². The lowest BCUT2D eigenvalue weighted by molar-refractivity contribution is 0.179. The highest BCUT2D eigenvalue weighted by Gasteiger charge is 2.17. The van der Waals surface area contributed by atoms with Gasteiger partial charge in [0.1, 0.15) is 0 Å². The summed E-state index contributed by atoms with van der Waals surface area (Å²) < 4.78 is 0. The third-order valence-electron chi connectivity index (χ3n) is 3.99. The summed E-state index contributed by atoms with van der Waals surface area (Å²) in [5, 5.41) is 2.87. The van der Waals surface area contributed by atoms with E-state index < -0.39 is 0 Å². The van der Waals surface area contributed by atoms with Crippen molar-refractivity contribution in [3.8, 4) is 0 Å². The van der Waals surface area contributed by atoms with Crippen LogP contribution in [0.5, 0.6) is 0 Å². The van der Waals surface area contributed by atoms with E-state index in [0.29, 0.717) is 12.1 Å². The van der Waals surface area contributed by atoms with Gasteiger partial charge in [-0.15, -0.1) is 0 Å². The van der Waals surface area contributed by atoms with Crippen LogP contribution in [0.15, 0.2) is 41.2 Å². The first-order valence-corrected chi connectivity index (χ1v) is 8.16. The first kappa shape index (κ1) is 17.8. The van der Waals surface area contributed by atoms with E-state index in [1.54, 1.807) is 4.90 Å². The molecule has 2 rings (SSSR count). The van der Waals surface area contributed by atoms with E-state index in [9.17, 15) is 9.59 Å². The topological polar surface area (TPSA) is 65.2 Å². The molecule has 1 aromatic heterocycles. The van der Waals surface area contributed by atoms with Crippen LogP contribution in [0.4, 0.5) is 4.79 Å². The molecule has 0 aliphatic heterocycles. The summed E-state index contributed by atoms with van der Waals surface area (Å²) in [7, 11) is 0. The number of aromatic nitrogens is 1. The summed E-state index contributed by atoms with van der Waals surface area (Å²) in [6, 6.07) is 11.7. The van der Waals surface area contributed by atoms with Crippen LogP contribution in [0.3, 0.4) is 0 Å². The molecule has 1 aromatic carbocycles. The van der Waals surface area contributed by atoms with Crippen LogP contribution in [-0.2, 0) is 13.1 Å². The number of aromatic amines is 1. The third-order valence-corrected chi connectivity index (χ3v) is 3.99. The molecule has 0 fully saturated rings. The first-order valence-electron chi connectivity index (χ1n) is 8.16. The zero-order valence-electron chi connectivity index (χ0n) is 14.7. The lowest BCUT2D eigenvalue weighted by atomic mass is 10.1. The van der Waals surface area contributed by atoms with Crippen molar-refractivity contribution in [1.29, 1.82) is 0 Å². The number of hydrogen-bond donors (Lipinski definition) is 2. The summed E-state index contributed by atoms with van der Waals surface area (Å²) >= 11 is 0. The highest BCUT2D eigenvalue weighted by atomic mass is 16.2. The maximum Gasteiger partial charge on any atom is 0.318 e. The van der Waals surface area contributed by atoms with Crippen molar-refractivity contribution in [2.75, 3.05) is 0 Å². The lowest BCUT2D eigenvalue weighted by Gasteiger charge is -2.27. The van der Waals surface area contributed by atoms with Crippen LogP contribution >= 0.6 is 0 Å². The molecule has 0 unspecified atom stereocenters. The van der Waals surface area contributed by atoms with Crippen molar-refractivity contribution in [2.45, 2.75) is 46.8 Å². The van der Waals surface area contributed by atoms with Gasteiger partial charge in [0.25, 0.3) is 5.56 Å². The molecule has 0 atom stereocenters. The molecule has 0 bridgehead atoms. The highest BCUT2D eigenvalue weighted by Crippen LogP contribution is 2.09. The van der Waals surface area contributed by atoms with E-state index in [0.717, 1.165) is 16.8 Å². The summed E-state index contributed by atoms with van der Waals surface area (Å²) in [6.07, 6.45) is 0. The Morgan fingerprint density at radius 1 is 1.21 bits per heavy atom. The number of benzene rings is 1. The maximum absolute atomic E-state index is 12.6. The third kappa shape index (κ3) is 4.47. The van der Waals surface area contributed by atoms with E-state index in [4.69, 9.17) is 0 Å². The largest absolute Gasteiger partial charge is 0.334 e. The van der Waals surface area contributed by atoms with Crippen LogP contribution in [-0.4, -0.2) is 22.0 Å². The predicted octanol–water partition coefficient (Wildman–Crippen LogP) is 3.11. The molecule has 24 heavy (non-hydrogen) atoms. The molecular formula is C19H25N3O2. The van der Waals surface area contributed by atoms with Crippen molar-refractivity contribution in [3.63, 3.8) is 0 Å². The Morgan fingerprint density at radius 3 is 2.46 bits per heavy atom. The van der Waals surface area contributed by atoms with Crippen molar-refractivity contribution >= 4 is 6.03 Å². The highest BCUT2D eigenvalue weighted by molar-refractivity contribution is 5.74. The fourth-order valence-electron chi connectivity index (χ4n) is 2.64. The van der Waals surface area contributed by atoms with E-state index in [2.05, 4.69) is 10.3 Å². The second-order valence-corrected chi connectivity index (χ2v) is 6.31. The number of pyridine rings is 1. The number of H-pyrrole nitrogens is 1. The molecule has 0 aliphatic rings. The normalized spacial score (nSPS) is 10.7. The molecule has 2 amide bonds. The molecule has 0 radical (unpaired) electrons. The number of hydrogen-bond acceptors (Lipinski definition) is 2. The summed E-state index contributed by atoms with van der Waals surface area (Å²) in [4.78, 5) is 29.1. The van der Waals surface area contributed by atoms with Crippen LogP contribution in [0.1, 0.15) is 36.2 Å². The van der Waals surface area contributed by atoms with Gasteiger partial charge in [0.2, 0.25) is 0 Å². The van der Waals surface area contributed by atoms with Crippen LogP contribution in [0.25, 0.3) is 0 Å². The van der Waals surface area contributed by atoms with Gasteiger partial charge in [-0.3, -0.25) is 4.79 Å². The number of carbonyl (C=O) groups excluding carboxylic acids is 1. The molecule has 0 saturated carbocycles. The zero-order valence-corrected chi connectivity index (χ0v) is 14.7. The number of aryl methyl sites for hydroxylation is 2. The van der Waals surface area contributed by atoms with Gasteiger partial charge in [-0.05, 0) is 44.9 Å². The quantitative estimate of drug-likeness (QED) is 0.886. The Bertz CT molecular complexity index is 751. The molecule has 0 saturated heterocycles. The molecule has 5 nitrogen and oxygen atoms in total. The fourth-order valence-corrected chi connectivity index (χ4v) is 2.64. The van der Waals surface area contributed by atoms with Gasteiger partial charge in [0, 0.05) is 23.8 Å². The number of nitrogens with one attached hydrogen (secondary N) is 2. The average Bonchev–Trinajstić information content (AvgIpc) is 2.52. The van der Waals surface area contributed by atoms with Gasteiger partial charge in [0.15, 0.2) is 0 Å². The molecule has 128 valence electrons. The van der Waals surface area contributed by atoms with Crippen LogP contribution in [0, 0.1) is 13.8 Å². The van der Waals surface area contributed by atoms with Crippen molar-refractivity contribution in [1.82, 2.24) is 15.2 Å². The summed E-state index contributed by atoms with van der Waals surface area (Å²) in [6.45, 7) is 8.44. The Morgan fingerprint density at radius 2 is 1.88 bits per heavy atom. The van der Waals surface area contributed by atoms with Gasteiger partial charge in [-0.1, -0.05) is 30.3 Å². The number of carbonyl (C=O) groups is 1. The standard InChI is InChI=1S/C19H25N3O2/c1-13(2)22(12-16-8-6-5-7-9-16)19(24)20-11-17-14(3)10-15(4)21-18(17)23/h5-10,13H,11-12H2,1-4H3,(H,20,24)(H,21,23). The van der Waals surface area contributed by atoms with Crippen molar-refractivity contribution in [3.05, 3.63) is 69.1 Å². The minimum Gasteiger partial charge on any atom is -0.334 e. The smallest absolute Gasteiger partial charge is 0.318 e. The van der Waals surface area contributed by atoms with E-state index >= 15 is 0 Å². The second kappa shape index (κ2) is 7.81. The van der Waals surface area contributed by atoms with Crippen molar-refractivity contribution in [2.24, 2.45) is 0 Å². The van der Waals surface area contributed by atoms with Crippen LogP contribution in [0.2, 0.25) is 0 Å². The van der Waals surface area contributed by atoms with Crippen molar-refractivity contribution < 1.29 is 4.79 Å². The average molecular weight is 327 g/mol. The molecule has 0 spiro atoms. The monoisotopic (exact) mass is 327 g/mol. The Labute approximate surface area is 142 Å². The molecular weight excluding hydrogens is 302 g/mol. The number of nitrogens with zero attached hydrogens (tertiary/aromatic N) is 1. The van der Waals surface area contributed by atoms with Gasteiger partial charge < -0.3 is 15.2 Å². The van der Waals surface area contributed by atoms with Gasteiger partial charge in [0.05, 0.1) is 6.54 Å². The molecule has 0 aliphatic carbocycles. The molecule has 2 N–H and O–H groups in total. The SMILES string of the molecule is Cc1cc(C)c(CNC(=O)N(Cc2ccccc2)C(C)C)c(=O)[nH]1. The minimum atomic E-state index is -0.173. The molecule has 2 aromatic rings. The van der Waals surface area contributed by atoms with Gasteiger partial charge in [-0.25, -0.2) is 4.79 Å². The predicted molar refractivity (Wildman–Crippen MR) is 95.9 cm³/mol. The molecule has 1 heterocycles. The van der Waals surface area contributed by atoms with E-state index in [1.165, 1.54) is 0 Å². The minimum absolute atomic E-state index is 0.0580. The Balaban J connectivity index is 2.08. The molecule has 5 heteroatoms. The Kier molecular flexibility index (Phi) is 5.79. The number of amides is 2. The lowest BCUT2D eigenvalue weighted by Crippen LogP contribution is -2.43. The van der Waals surface area contributed by atoms with Crippen LogP contribution < -0.4 is 10.9 Å². The summed E-state index contributed by atoms with van der Waals surface area (Å²) in [5.41, 5.74) is 3.23. The second-order valence-electron chi connectivity index (χ2n) is 6.31. The maximum atomic E-state index is 12.6. The fraction of sp³-hybridized carbons (Fsp3) is 0.368. The Hall–Kier alpha value is -2.56. The van der Waals surface area contributed by atoms with Gasteiger partial charge in [-0.2, -0.15) is 0 Å².